The second kappa shape index (κ2) is 2.09. The van der Waals surface area contributed by atoms with Crippen molar-refractivity contribution in [2.45, 2.75) is 5.97 Å². The summed E-state index contributed by atoms with van der Waals surface area (Å²) in [6, 6.07) is 0. The minimum atomic E-state index is -3.61. The van der Waals surface area contributed by atoms with E-state index in [4.69, 9.17) is 27.1 Å². The fraction of sp³-hybridized carbons (Fsp3) is 0.200. The minimum Gasteiger partial charge on any atom is -0.374 e. The van der Waals surface area contributed by atoms with Gasteiger partial charge in [0.15, 0.2) is 0 Å². The summed E-state index contributed by atoms with van der Waals surface area (Å²) in [4.78, 5) is 7.69. The van der Waals surface area contributed by atoms with Gasteiger partial charge in [-0.05, 0) is 0 Å². The van der Waals surface area contributed by atoms with Gasteiger partial charge in [-0.3, -0.25) is 0 Å². The highest BCUT2D eigenvalue weighted by Gasteiger charge is 2.78. The van der Waals surface area contributed by atoms with E-state index in [1.165, 1.54) is 0 Å². The Balaban J connectivity index is 1.67. The summed E-state index contributed by atoms with van der Waals surface area (Å²) in [6.45, 7) is 0. The summed E-state index contributed by atoms with van der Waals surface area (Å²) in [7, 11) is -6.95. The average molecular weight is 278 g/mol. The highest BCUT2D eigenvalue weighted by atomic mass is 31.2. The number of phosphoric acid groups is 2. The summed E-state index contributed by atoms with van der Waals surface area (Å²) in [5.74, 6) is -1.76. The molecule has 0 aliphatic carbocycles. The van der Waals surface area contributed by atoms with Crippen molar-refractivity contribution in [3.8, 4) is 17.5 Å². The molecule has 0 atom stereocenters. The third kappa shape index (κ3) is 0.841. The van der Waals surface area contributed by atoms with Crippen LogP contribution < -0.4 is 13.6 Å². The van der Waals surface area contributed by atoms with E-state index in [2.05, 4.69) is 9.97 Å². The topological polar surface area (TPSA) is 115 Å². The number of rotatable bonds is 1. The molecule has 0 N–H and O–H groups in total. The molecule has 5 aliphatic heterocycles. The highest BCUT2D eigenvalue weighted by Crippen LogP contribution is 2.83. The first-order valence-corrected chi connectivity index (χ1v) is 7.25. The van der Waals surface area contributed by atoms with Crippen molar-refractivity contribution in [2.75, 3.05) is 0 Å². The zero-order valence-corrected chi connectivity index (χ0v) is 9.34. The number of aromatic nitrogens is 2. The van der Waals surface area contributed by atoms with E-state index in [1.54, 1.807) is 0 Å². The summed E-state index contributed by atoms with van der Waals surface area (Å²) >= 11 is 0. The van der Waals surface area contributed by atoms with Crippen molar-refractivity contribution in [1.29, 1.82) is 0 Å². The van der Waals surface area contributed by atoms with Crippen LogP contribution in [0.4, 0.5) is 0 Å². The van der Waals surface area contributed by atoms with Gasteiger partial charge in [-0.2, -0.15) is 14.5 Å². The lowest BCUT2D eigenvalue weighted by Gasteiger charge is -2.53. The van der Waals surface area contributed by atoms with E-state index >= 15 is 0 Å². The van der Waals surface area contributed by atoms with Crippen molar-refractivity contribution in [3.63, 3.8) is 0 Å². The van der Waals surface area contributed by atoms with Crippen LogP contribution in [0.2, 0.25) is 0 Å². The molecule has 0 radical (unpaired) electrons. The van der Waals surface area contributed by atoms with Crippen LogP contribution in [-0.4, -0.2) is 9.97 Å². The fourth-order valence-corrected chi connectivity index (χ4v) is 4.05. The van der Waals surface area contributed by atoms with Gasteiger partial charge in [0, 0.05) is 0 Å². The fourth-order valence-electron chi connectivity index (χ4n) is 1.71. The Kier molecular flexibility index (Phi) is 1.09. The van der Waals surface area contributed by atoms with Crippen LogP contribution in [-0.2, 0) is 28.7 Å². The molecule has 0 unspecified atom stereocenters. The highest BCUT2D eigenvalue weighted by molar-refractivity contribution is 7.51. The molecule has 0 spiro atoms. The molecule has 1 aromatic rings. The van der Waals surface area contributed by atoms with Crippen molar-refractivity contribution >= 4 is 15.6 Å². The maximum atomic E-state index is 11.5. The number of nitrogens with zero attached hydrogens (tertiary/aromatic N) is 2. The van der Waals surface area contributed by atoms with Crippen molar-refractivity contribution in [2.24, 2.45) is 0 Å². The van der Waals surface area contributed by atoms with Crippen LogP contribution in [0.25, 0.3) is 0 Å². The van der Waals surface area contributed by atoms with E-state index in [0.29, 0.717) is 0 Å². The van der Waals surface area contributed by atoms with Crippen LogP contribution in [0.15, 0.2) is 0 Å². The zero-order chi connectivity index (χ0) is 11.5. The Labute approximate surface area is 92.0 Å². The van der Waals surface area contributed by atoms with Gasteiger partial charge in [0.2, 0.25) is 5.82 Å². The Hall–Kier alpha value is -1.18. The first-order valence-electron chi connectivity index (χ1n) is 4.33. The molecule has 1 aromatic heterocycles. The monoisotopic (exact) mass is 278 g/mol. The Morgan fingerprint density at radius 1 is 0.882 bits per heavy atom. The third-order valence-electron chi connectivity index (χ3n) is 2.37. The quantitative estimate of drug-likeness (QED) is 0.689. The van der Waals surface area contributed by atoms with Crippen molar-refractivity contribution in [3.05, 3.63) is 5.82 Å². The predicted octanol–water partition coefficient (Wildman–Crippen LogP) is 1.04. The maximum absolute atomic E-state index is 11.5. The molecule has 4 bridgehead atoms. The van der Waals surface area contributed by atoms with E-state index in [0.717, 1.165) is 0 Å². The molecule has 0 amide bonds. The van der Waals surface area contributed by atoms with Gasteiger partial charge in [0.05, 0.1) is 0 Å². The molecule has 12 heteroatoms. The maximum Gasteiger partial charge on any atom is 0.650 e. The van der Waals surface area contributed by atoms with Crippen LogP contribution in [0, 0.1) is 0 Å². The van der Waals surface area contributed by atoms with E-state index in [1.807, 2.05) is 0 Å². The van der Waals surface area contributed by atoms with Gasteiger partial charge in [0.25, 0.3) is 17.5 Å². The van der Waals surface area contributed by atoms with Gasteiger partial charge in [-0.15, -0.1) is 0 Å². The lowest BCUT2D eigenvalue weighted by molar-refractivity contribution is -0.445. The molecule has 6 rings (SSSR count). The van der Waals surface area contributed by atoms with Crippen LogP contribution in [0.5, 0.6) is 17.5 Å². The smallest absolute Gasteiger partial charge is 0.374 e. The van der Waals surface area contributed by atoms with Crippen LogP contribution in [0.3, 0.4) is 0 Å². The van der Waals surface area contributed by atoms with Gasteiger partial charge < -0.3 is 13.6 Å². The molecule has 5 aliphatic rings. The lowest BCUT2D eigenvalue weighted by Crippen LogP contribution is -2.55. The first-order chi connectivity index (χ1) is 8.00. The minimum absolute atomic E-state index is 0.0432. The Morgan fingerprint density at radius 2 is 1.47 bits per heavy atom. The standard InChI is InChI=1S/C5N2O8P2/c8-16-10-1-2(11-16)6-4(7-3(1)12-16)5-13-17(9,14-5)15-5. The predicted molar refractivity (Wildman–Crippen MR) is 44.1 cm³/mol. The number of fused-ring (bicyclic) bond motifs is 1. The second-order valence-corrected chi connectivity index (χ2v) is 6.37. The second-order valence-electron chi connectivity index (χ2n) is 3.48. The molecule has 6 heterocycles. The molecule has 0 saturated carbocycles. The van der Waals surface area contributed by atoms with Gasteiger partial charge in [-0.1, -0.05) is 0 Å². The van der Waals surface area contributed by atoms with Crippen LogP contribution >= 0.6 is 15.6 Å². The molecule has 10 nitrogen and oxygen atoms in total. The van der Waals surface area contributed by atoms with Gasteiger partial charge in [0.1, 0.15) is 0 Å². The Morgan fingerprint density at radius 3 is 1.94 bits per heavy atom. The van der Waals surface area contributed by atoms with Crippen LogP contribution in [0.1, 0.15) is 5.82 Å². The SMILES string of the molecule is O=P12Oc3nc(C45OP(=O)(O4)O5)nc(c3O1)O2. The molecule has 0 aromatic carbocycles. The van der Waals surface area contributed by atoms with E-state index in [9.17, 15) is 9.13 Å². The first kappa shape index (κ1) is 8.84. The summed E-state index contributed by atoms with van der Waals surface area (Å²) in [6.07, 6.45) is 0. The molecule has 17 heavy (non-hydrogen) atoms. The number of hydrogen-bond acceptors (Lipinski definition) is 10. The van der Waals surface area contributed by atoms with Gasteiger partial charge in [-0.25, -0.2) is 18.1 Å². The normalized spacial score (nSPS) is 40.7. The zero-order valence-electron chi connectivity index (χ0n) is 7.55. The van der Waals surface area contributed by atoms with E-state index in [-0.39, 0.29) is 23.3 Å². The third-order valence-corrected chi connectivity index (χ3v) is 4.96. The molecular formula is C5N2O8P2. The molecule has 88 valence electrons. The molecule has 3 fully saturated rings. The van der Waals surface area contributed by atoms with Gasteiger partial charge >= 0.3 is 21.6 Å². The van der Waals surface area contributed by atoms with Crippen molar-refractivity contribution < 1.29 is 36.3 Å². The van der Waals surface area contributed by atoms with Crippen molar-refractivity contribution in [1.82, 2.24) is 9.97 Å². The van der Waals surface area contributed by atoms with E-state index < -0.39 is 21.6 Å². The molecular weight excluding hydrogens is 278 g/mol. The summed E-state index contributed by atoms with van der Waals surface area (Å²) < 4.78 is 51.5. The molecule has 3 saturated heterocycles. The number of hydrogen-bond donors (Lipinski definition) is 0. The summed E-state index contributed by atoms with van der Waals surface area (Å²) in [5.41, 5.74) is 0. The number of phosphoric ester groups is 2. The lowest BCUT2D eigenvalue weighted by atomic mass is 10.4. The summed E-state index contributed by atoms with van der Waals surface area (Å²) in [5, 5.41) is 0. The largest absolute Gasteiger partial charge is 0.650 e. The average Bonchev–Trinajstić information content (AvgIpc) is 2.62. The Bertz CT molecular complexity index is 644.